The number of aliphatic imine (C=N–C) groups is 1. The van der Waals surface area contributed by atoms with E-state index in [1.54, 1.807) is 37.4 Å². The van der Waals surface area contributed by atoms with Crippen LogP contribution in [0, 0.1) is 0 Å². The van der Waals surface area contributed by atoms with Crippen LogP contribution in [0.3, 0.4) is 0 Å². The fourth-order valence-electron chi connectivity index (χ4n) is 3.64. The Labute approximate surface area is 174 Å². The minimum atomic E-state index is -2.16. The summed E-state index contributed by atoms with van der Waals surface area (Å²) in [7, 11) is 1.59. The normalized spacial score (nSPS) is 19.5. The Balaban J connectivity index is 1.91. The topological polar surface area (TPSA) is 102 Å². The third-order valence-corrected chi connectivity index (χ3v) is 5.30. The van der Waals surface area contributed by atoms with Gasteiger partial charge in [0.25, 0.3) is 5.91 Å². The number of benzodiazepines with no additional fused rings is 1. The van der Waals surface area contributed by atoms with E-state index >= 15 is 0 Å². The van der Waals surface area contributed by atoms with Crippen LogP contribution in [-0.2, 0) is 9.59 Å². The van der Waals surface area contributed by atoms with E-state index in [4.69, 9.17) is 11.5 Å². The zero-order chi connectivity index (χ0) is 21.3. The Morgan fingerprint density at radius 3 is 2.17 bits per heavy atom. The van der Waals surface area contributed by atoms with Crippen LogP contribution in [0.25, 0.3) is 0 Å². The number of carbonyl (C=O) groups excluding carboxylic acids is 2. The largest absolute Gasteiger partial charge is 0.318 e. The molecule has 30 heavy (non-hydrogen) atoms. The number of fused-ring (bicyclic) bond motifs is 1. The third-order valence-electron chi connectivity index (χ3n) is 5.30. The lowest BCUT2D eigenvalue weighted by molar-refractivity contribution is -0.134. The van der Waals surface area contributed by atoms with E-state index in [2.05, 4.69) is 4.99 Å². The van der Waals surface area contributed by atoms with Crippen molar-refractivity contribution in [1.29, 1.82) is 0 Å². The molecule has 0 bridgehead atoms. The number of anilines is 1. The molecular weight excluding hydrogens is 376 g/mol. The molecule has 4 N–H and O–H groups in total. The Kier molecular flexibility index (Phi) is 5.03. The van der Waals surface area contributed by atoms with Crippen LogP contribution < -0.4 is 16.4 Å². The van der Waals surface area contributed by atoms with Gasteiger partial charge in [0.2, 0.25) is 11.4 Å². The minimum absolute atomic E-state index is 0.472. The molecule has 0 radical (unpaired) electrons. The molecule has 4 rings (SSSR count). The minimum Gasteiger partial charge on any atom is -0.318 e. The van der Waals surface area contributed by atoms with Gasteiger partial charge in [0.1, 0.15) is 0 Å². The van der Waals surface area contributed by atoms with E-state index in [1.165, 1.54) is 4.90 Å². The summed E-state index contributed by atoms with van der Waals surface area (Å²) in [6.07, 6.45) is 0. The van der Waals surface area contributed by atoms with E-state index in [9.17, 15) is 9.59 Å². The van der Waals surface area contributed by atoms with Gasteiger partial charge in [0.15, 0.2) is 0 Å². The van der Waals surface area contributed by atoms with Crippen molar-refractivity contribution >= 4 is 23.1 Å². The molecule has 1 aliphatic rings. The van der Waals surface area contributed by atoms with E-state index in [-0.39, 0.29) is 0 Å². The highest BCUT2D eigenvalue weighted by Crippen LogP contribution is 2.31. The van der Waals surface area contributed by atoms with Crippen LogP contribution in [0.5, 0.6) is 0 Å². The Hall–Kier alpha value is -3.61. The van der Waals surface area contributed by atoms with Gasteiger partial charge in [-0.05, 0) is 11.6 Å². The van der Waals surface area contributed by atoms with Crippen molar-refractivity contribution < 1.29 is 9.59 Å². The summed E-state index contributed by atoms with van der Waals surface area (Å²) < 4.78 is 0. The summed E-state index contributed by atoms with van der Waals surface area (Å²) in [5.41, 5.74) is 13.7. The fraction of sp³-hybridized carbons (Fsp3) is 0.125. The van der Waals surface area contributed by atoms with Gasteiger partial charge >= 0.3 is 0 Å². The van der Waals surface area contributed by atoms with Crippen molar-refractivity contribution in [2.75, 3.05) is 11.9 Å². The number of nitrogens with zero attached hydrogens (tertiary/aromatic N) is 2. The summed E-state index contributed by atoms with van der Waals surface area (Å²) in [6.45, 7) is 0. The summed E-state index contributed by atoms with van der Waals surface area (Å²) >= 11 is 0. The van der Waals surface area contributed by atoms with E-state index in [0.717, 1.165) is 5.56 Å². The Morgan fingerprint density at radius 1 is 0.933 bits per heavy atom. The summed E-state index contributed by atoms with van der Waals surface area (Å²) in [5.74, 6) is -1.29. The van der Waals surface area contributed by atoms with Gasteiger partial charge in [-0.3, -0.25) is 15.3 Å². The van der Waals surface area contributed by atoms with E-state index < -0.39 is 23.4 Å². The van der Waals surface area contributed by atoms with Crippen molar-refractivity contribution in [2.45, 2.75) is 11.7 Å². The number of benzene rings is 3. The molecule has 1 aliphatic heterocycles. The van der Waals surface area contributed by atoms with Crippen molar-refractivity contribution in [3.63, 3.8) is 0 Å². The molecular formula is C24H22N4O2. The predicted octanol–water partition coefficient (Wildman–Crippen LogP) is 2.42. The molecule has 0 aromatic heterocycles. The quantitative estimate of drug-likeness (QED) is 0.659. The molecule has 1 amide bonds. The van der Waals surface area contributed by atoms with Crippen molar-refractivity contribution in [1.82, 2.24) is 0 Å². The van der Waals surface area contributed by atoms with Gasteiger partial charge in [-0.1, -0.05) is 78.9 Å². The van der Waals surface area contributed by atoms with Crippen LogP contribution in [0.4, 0.5) is 5.69 Å². The number of ketones is 1. The zero-order valence-corrected chi connectivity index (χ0v) is 16.5. The third kappa shape index (κ3) is 3.22. The van der Waals surface area contributed by atoms with Gasteiger partial charge in [-0.15, -0.1) is 0 Å². The lowest BCUT2D eigenvalue weighted by atomic mass is 9.93. The smallest absolute Gasteiger partial charge is 0.277 e. The number of hydrogen-bond donors (Lipinski definition) is 2. The number of amides is 1. The summed E-state index contributed by atoms with van der Waals surface area (Å²) in [6, 6.07) is 24.5. The average Bonchev–Trinajstić information content (AvgIpc) is 2.89. The SMILES string of the molecule is CN1C(=O)[C@](N)(C(=O)[C@@H](N)c2ccccc2)N=C(c2ccccc2)c2ccccc21. The van der Waals surface area contributed by atoms with Gasteiger partial charge in [0.05, 0.1) is 17.4 Å². The van der Waals surface area contributed by atoms with Gasteiger partial charge in [0, 0.05) is 18.2 Å². The first kappa shape index (κ1) is 19.7. The molecule has 0 aliphatic carbocycles. The zero-order valence-electron chi connectivity index (χ0n) is 16.5. The molecule has 3 aromatic rings. The summed E-state index contributed by atoms with van der Waals surface area (Å²) in [4.78, 5) is 32.8. The van der Waals surface area contributed by atoms with Crippen LogP contribution in [-0.4, -0.2) is 30.1 Å². The van der Waals surface area contributed by atoms with Crippen LogP contribution in [0.1, 0.15) is 22.7 Å². The highest BCUT2D eigenvalue weighted by atomic mass is 16.2. The predicted molar refractivity (Wildman–Crippen MR) is 117 cm³/mol. The maximum absolute atomic E-state index is 13.5. The Morgan fingerprint density at radius 2 is 1.50 bits per heavy atom. The first-order chi connectivity index (χ1) is 14.4. The number of para-hydroxylation sites is 1. The molecule has 0 saturated heterocycles. The second kappa shape index (κ2) is 7.67. The van der Waals surface area contributed by atoms with Crippen molar-refractivity contribution in [3.05, 3.63) is 102 Å². The van der Waals surface area contributed by atoms with Crippen LogP contribution in [0.2, 0.25) is 0 Å². The monoisotopic (exact) mass is 398 g/mol. The second-order valence-corrected chi connectivity index (χ2v) is 7.23. The molecule has 3 aromatic carbocycles. The van der Waals surface area contributed by atoms with E-state index in [1.807, 2.05) is 54.6 Å². The molecule has 6 heteroatoms. The highest BCUT2D eigenvalue weighted by Gasteiger charge is 2.48. The molecule has 0 saturated carbocycles. The van der Waals surface area contributed by atoms with Gasteiger partial charge in [-0.2, -0.15) is 0 Å². The number of likely N-dealkylation sites (N-methyl/N-ethyl adjacent to an activating group) is 1. The number of Topliss-reactive ketones (excluding diaryl/α,β-unsaturated/α-hetero) is 1. The number of rotatable bonds is 4. The molecule has 0 spiro atoms. The Bertz CT molecular complexity index is 1130. The van der Waals surface area contributed by atoms with Crippen LogP contribution >= 0.6 is 0 Å². The number of hydrogen-bond acceptors (Lipinski definition) is 5. The second-order valence-electron chi connectivity index (χ2n) is 7.23. The molecule has 2 atom stereocenters. The molecule has 0 fully saturated rings. The molecule has 0 unspecified atom stereocenters. The lowest BCUT2D eigenvalue weighted by Gasteiger charge is -2.28. The van der Waals surface area contributed by atoms with Gasteiger partial charge < -0.3 is 10.6 Å². The number of carbonyl (C=O) groups is 2. The maximum Gasteiger partial charge on any atom is 0.277 e. The molecule has 1 heterocycles. The van der Waals surface area contributed by atoms with Crippen molar-refractivity contribution in [2.24, 2.45) is 16.5 Å². The van der Waals surface area contributed by atoms with Crippen LogP contribution in [0.15, 0.2) is 89.9 Å². The number of nitrogens with two attached hydrogens (primary N) is 2. The summed E-state index contributed by atoms with van der Waals surface area (Å²) in [5, 5.41) is 0. The first-order valence-corrected chi connectivity index (χ1v) is 9.60. The lowest BCUT2D eigenvalue weighted by Crippen LogP contribution is -2.60. The standard InChI is InChI=1S/C24H22N4O2/c1-28-19-15-9-8-14-18(19)21(17-12-6-3-7-13-17)27-24(26,23(28)30)22(29)20(25)16-10-4-2-5-11-16/h2-15,20H,25-26H2,1H3/t20-,24-/m0/s1. The highest BCUT2D eigenvalue weighted by molar-refractivity contribution is 6.26. The van der Waals surface area contributed by atoms with Gasteiger partial charge in [-0.25, -0.2) is 4.99 Å². The molecule has 150 valence electrons. The fourth-order valence-corrected chi connectivity index (χ4v) is 3.64. The maximum atomic E-state index is 13.5. The van der Waals surface area contributed by atoms with E-state index in [0.29, 0.717) is 22.5 Å². The average molecular weight is 398 g/mol. The van der Waals surface area contributed by atoms with Crippen molar-refractivity contribution in [3.8, 4) is 0 Å². The first-order valence-electron chi connectivity index (χ1n) is 9.60. The molecule has 6 nitrogen and oxygen atoms in total.